The monoisotopic (exact) mass is 299 g/mol. The molecule has 1 fully saturated rings. The number of nitrogens with zero attached hydrogens (tertiary/aromatic N) is 1. The summed E-state index contributed by atoms with van der Waals surface area (Å²) in [4.78, 5) is 4.18. The molecule has 0 bridgehead atoms. The van der Waals surface area contributed by atoms with Gasteiger partial charge in [-0.25, -0.2) is 0 Å². The summed E-state index contributed by atoms with van der Waals surface area (Å²) in [6.45, 7) is 4.27. The molecule has 6 heteroatoms. The van der Waals surface area contributed by atoms with Crippen LogP contribution in [0, 0.1) is 6.92 Å². The van der Waals surface area contributed by atoms with E-state index in [4.69, 9.17) is 0 Å². The van der Waals surface area contributed by atoms with E-state index in [1.54, 1.807) is 0 Å². The van der Waals surface area contributed by atoms with Crippen LogP contribution in [0.4, 0.5) is 5.69 Å². The van der Waals surface area contributed by atoms with Crippen molar-refractivity contribution in [3.63, 3.8) is 0 Å². The number of hydrogen-bond donors (Lipinski definition) is 2. The van der Waals surface area contributed by atoms with E-state index in [0.29, 0.717) is 6.04 Å². The molecule has 0 saturated carbocycles. The lowest BCUT2D eigenvalue weighted by Gasteiger charge is -2.24. The molecule has 0 unspecified atom stereocenters. The van der Waals surface area contributed by atoms with E-state index >= 15 is 0 Å². The maximum Gasteiger partial charge on any atom is 0.0393 e. The molecule has 0 amide bonds. The summed E-state index contributed by atoms with van der Waals surface area (Å²) in [6.07, 6.45) is 4.28. The quantitative estimate of drug-likeness (QED) is 0.882. The Bertz CT molecular complexity index is 304. The van der Waals surface area contributed by atoms with Gasteiger partial charge in [-0.3, -0.25) is 4.98 Å². The van der Waals surface area contributed by atoms with Gasteiger partial charge in [-0.05, 0) is 45.0 Å². The van der Waals surface area contributed by atoms with Crippen molar-refractivity contribution in [1.29, 1.82) is 0 Å². The van der Waals surface area contributed by atoms with E-state index in [9.17, 15) is 0 Å². The van der Waals surface area contributed by atoms with Crippen molar-refractivity contribution in [2.24, 2.45) is 0 Å². The number of hydrogen-bond acceptors (Lipinski definition) is 3. The Morgan fingerprint density at radius 2 is 1.88 bits per heavy atom. The summed E-state index contributed by atoms with van der Waals surface area (Å²) >= 11 is 0. The lowest BCUT2D eigenvalue weighted by molar-refractivity contribution is 0.479. The smallest absolute Gasteiger partial charge is 0.0393 e. The Balaban J connectivity index is 0. The molecule has 1 saturated heterocycles. The zero-order valence-corrected chi connectivity index (χ0v) is 12.3. The summed E-state index contributed by atoms with van der Waals surface area (Å²) in [5, 5.41) is 6.90. The number of piperidine rings is 1. The number of nitrogens with one attached hydrogen (secondary N) is 2. The second-order valence-electron chi connectivity index (χ2n) is 3.85. The van der Waals surface area contributed by atoms with Gasteiger partial charge >= 0.3 is 0 Å². The molecule has 0 aromatic carbocycles. The molecule has 100 valence electrons. The largest absolute Gasteiger partial charge is 0.382 e. The maximum absolute atomic E-state index is 4.18. The predicted molar refractivity (Wildman–Crippen MR) is 80.2 cm³/mol. The molecule has 1 aliphatic heterocycles. The molecule has 0 radical (unpaired) electrons. The van der Waals surface area contributed by atoms with Gasteiger partial charge in [0.15, 0.2) is 0 Å². The molecule has 3 nitrogen and oxygen atoms in total. The molecule has 1 aromatic rings. The highest BCUT2D eigenvalue weighted by Gasteiger charge is 2.11. The minimum Gasteiger partial charge on any atom is -0.382 e. The van der Waals surface area contributed by atoms with Gasteiger partial charge in [0, 0.05) is 23.6 Å². The molecule has 0 spiro atoms. The molecule has 17 heavy (non-hydrogen) atoms. The van der Waals surface area contributed by atoms with Crippen molar-refractivity contribution in [2.45, 2.75) is 25.8 Å². The molecular weight excluding hydrogens is 281 g/mol. The van der Waals surface area contributed by atoms with Crippen molar-refractivity contribution < 1.29 is 0 Å². The van der Waals surface area contributed by atoms with Crippen LogP contribution in [0.5, 0.6) is 0 Å². The topological polar surface area (TPSA) is 37.0 Å². The van der Waals surface area contributed by atoms with Crippen LogP contribution in [-0.4, -0.2) is 24.1 Å². The van der Waals surface area contributed by atoms with E-state index in [2.05, 4.69) is 21.7 Å². The van der Waals surface area contributed by atoms with Crippen LogP contribution < -0.4 is 10.6 Å². The number of rotatable bonds is 2. The third-order valence-electron chi connectivity index (χ3n) is 2.61. The van der Waals surface area contributed by atoms with Crippen molar-refractivity contribution in [3.05, 3.63) is 24.0 Å². The average Bonchev–Trinajstić information content (AvgIpc) is 2.19. The van der Waals surface area contributed by atoms with E-state index in [1.165, 1.54) is 18.5 Å². The maximum atomic E-state index is 4.18. The van der Waals surface area contributed by atoms with Crippen LogP contribution in [0.2, 0.25) is 0 Å². The second kappa shape index (κ2) is 9.77. The normalized spacial score (nSPS) is 14.9. The minimum absolute atomic E-state index is 0. The molecule has 1 aromatic heterocycles. The van der Waals surface area contributed by atoms with Gasteiger partial charge in [-0.1, -0.05) is 0 Å². The van der Waals surface area contributed by atoms with Gasteiger partial charge in [-0.2, -0.15) is 0 Å². The highest BCUT2D eigenvalue weighted by atomic mass is 35.5. The Morgan fingerprint density at radius 1 is 1.24 bits per heavy atom. The Labute approximate surface area is 121 Å². The van der Waals surface area contributed by atoms with Crippen LogP contribution >= 0.6 is 37.2 Å². The lowest BCUT2D eigenvalue weighted by atomic mass is 10.1. The number of pyridine rings is 1. The van der Waals surface area contributed by atoms with Crippen LogP contribution in [0.15, 0.2) is 18.3 Å². The first-order valence-electron chi connectivity index (χ1n) is 5.24. The summed E-state index contributed by atoms with van der Waals surface area (Å²) in [5.41, 5.74) is 2.27. The van der Waals surface area contributed by atoms with Gasteiger partial charge in [0.2, 0.25) is 0 Å². The van der Waals surface area contributed by atoms with Gasteiger partial charge in [-0.15, -0.1) is 37.2 Å². The highest BCUT2D eigenvalue weighted by molar-refractivity contribution is 5.86. The van der Waals surface area contributed by atoms with Crippen LogP contribution in [0.1, 0.15) is 18.5 Å². The summed E-state index contributed by atoms with van der Waals surface area (Å²) in [5.74, 6) is 0. The van der Waals surface area contributed by atoms with Crippen LogP contribution in [0.25, 0.3) is 0 Å². The standard InChI is InChI=1S/C11H17N3.3ClH/c1-9-8-11(4-7-13-9)14-10-2-5-12-6-3-10;;;/h4,7-8,10,12H,2-3,5-6H2,1H3,(H,13,14);3*1H. The number of anilines is 1. The zero-order valence-electron chi connectivity index (χ0n) is 9.81. The SMILES string of the molecule is Cc1cc(NC2CCNCC2)ccn1.Cl.Cl.Cl. The van der Waals surface area contributed by atoms with E-state index < -0.39 is 0 Å². The third kappa shape index (κ3) is 6.32. The van der Waals surface area contributed by atoms with E-state index in [1.807, 2.05) is 19.2 Å². The average molecular weight is 301 g/mol. The number of aromatic nitrogens is 1. The van der Waals surface area contributed by atoms with E-state index in [-0.39, 0.29) is 37.2 Å². The first-order valence-corrected chi connectivity index (χ1v) is 5.24. The molecule has 0 aliphatic carbocycles. The number of aryl methyl sites for hydroxylation is 1. The first kappa shape index (κ1) is 19.1. The van der Waals surface area contributed by atoms with Crippen LogP contribution in [-0.2, 0) is 0 Å². The van der Waals surface area contributed by atoms with Gasteiger partial charge < -0.3 is 10.6 Å². The van der Waals surface area contributed by atoms with Gasteiger partial charge in [0.05, 0.1) is 0 Å². The van der Waals surface area contributed by atoms with Gasteiger partial charge in [0.1, 0.15) is 0 Å². The Hall–Kier alpha value is -0.220. The molecule has 0 atom stereocenters. The summed E-state index contributed by atoms with van der Waals surface area (Å²) in [6, 6.07) is 4.76. The van der Waals surface area contributed by atoms with Crippen molar-refractivity contribution in [3.8, 4) is 0 Å². The van der Waals surface area contributed by atoms with Crippen LogP contribution in [0.3, 0.4) is 0 Å². The fourth-order valence-corrected chi connectivity index (χ4v) is 1.84. The first-order chi connectivity index (χ1) is 6.84. The fraction of sp³-hybridized carbons (Fsp3) is 0.545. The van der Waals surface area contributed by atoms with Crippen molar-refractivity contribution >= 4 is 42.9 Å². The predicted octanol–water partition coefficient (Wildman–Crippen LogP) is 2.82. The van der Waals surface area contributed by atoms with Gasteiger partial charge in [0.25, 0.3) is 0 Å². The highest BCUT2D eigenvalue weighted by Crippen LogP contribution is 2.13. The molecular formula is C11H20Cl3N3. The molecule has 1 aliphatic rings. The third-order valence-corrected chi connectivity index (χ3v) is 2.61. The minimum atomic E-state index is 0. The zero-order chi connectivity index (χ0) is 9.80. The Kier molecular flexibility index (Phi) is 11.0. The molecule has 2 N–H and O–H groups in total. The summed E-state index contributed by atoms with van der Waals surface area (Å²) < 4.78 is 0. The summed E-state index contributed by atoms with van der Waals surface area (Å²) in [7, 11) is 0. The number of halogens is 3. The Morgan fingerprint density at radius 3 is 2.47 bits per heavy atom. The fourth-order valence-electron chi connectivity index (χ4n) is 1.84. The lowest BCUT2D eigenvalue weighted by Crippen LogP contribution is -2.35. The van der Waals surface area contributed by atoms with Crippen molar-refractivity contribution in [1.82, 2.24) is 10.3 Å². The molecule has 2 heterocycles. The van der Waals surface area contributed by atoms with E-state index in [0.717, 1.165) is 18.8 Å². The second-order valence-corrected chi connectivity index (χ2v) is 3.85. The molecule has 2 rings (SSSR count). The van der Waals surface area contributed by atoms with Crippen molar-refractivity contribution in [2.75, 3.05) is 18.4 Å².